The molecule has 0 atom stereocenters. The molecular formula is C22H24N4S. The van der Waals surface area contributed by atoms with E-state index < -0.39 is 0 Å². The highest BCUT2D eigenvalue weighted by atomic mass is 32.1. The molecule has 0 bridgehead atoms. The Kier molecular flexibility index (Phi) is 5.89. The summed E-state index contributed by atoms with van der Waals surface area (Å²) < 4.78 is 2.03. The van der Waals surface area contributed by atoms with E-state index in [0.29, 0.717) is 0 Å². The van der Waals surface area contributed by atoms with Gasteiger partial charge in [-0.3, -0.25) is 4.98 Å². The topological polar surface area (TPSA) is 42.5 Å². The van der Waals surface area contributed by atoms with E-state index in [4.69, 9.17) is 10.1 Å². The lowest BCUT2D eigenvalue weighted by Crippen LogP contribution is -2.15. The van der Waals surface area contributed by atoms with Crippen molar-refractivity contribution in [2.75, 3.05) is 0 Å². The summed E-state index contributed by atoms with van der Waals surface area (Å²) in [6, 6.07) is 14.3. The number of aromatic nitrogens is 2. The number of pyridine rings is 1. The van der Waals surface area contributed by atoms with Gasteiger partial charge in [0, 0.05) is 22.9 Å². The van der Waals surface area contributed by atoms with Crippen molar-refractivity contribution in [2.24, 2.45) is 10.1 Å². The molecule has 0 N–H and O–H groups in total. The number of hydrogen-bond acceptors (Lipinski definition) is 4. The molecular weight excluding hydrogens is 352 g/mol. The zero-order chi connectivity index (χ0) is 18.3. The second kappa shape index (κ2) is 8.91. The third kappa shape index (κ3) is 4.61. The van der Waals surface area contributed by atoms with Gasteiger partial charge in [-0.05, 0) is 37.8 Å². The van der Waals surface area contributed by atoms with Crippen molar-refractivity contribution in [3.05, 3.63) is 65.0 Å². The molecule has 0 saturated heterocycles. The smallest absolute Gasteiger partial charge is 0.211 e. The fourth-order valence-corrected chi connectivity index (χ4v) is 4.22. The quantitative estimate of drug-likeness (QED) is 0.570. The summed E-state index contributed by atoms with van der Waals surface area (Å²) >= 11 is 1.63. The van der Waals surface area contributed by atoms with Crippen LogP contribution >= 0.6 is 11.3 Å². The van der Waals surface area contributed by atoms with E-state index in [2.05, 4.69) is 34.6 Å². The van der Waals surface area contributed by atoms with E-state index in [1.165, 1.54) is 37.8 Å². The minimum Gasteiger partial charge on any atom is -0.262 e. The molecule has 5 heteroatoms. The fraction of sp³-hybridized carbons (Fsp3) is 0.318. The largest absolute Gasteiger partial charge is 0.262 e. The van der Waals surface area contributed by atoms with E-state index in [1.54, 1.807) is 23.7 Å². The van der Waals surface area contributed by atoms with Crippen LogP contribution < -0.4 is 4.80 Å². The van der Waals surface area contributed by atoms with Crippen LogP contribution in [0.5, 0.6) is 0 Å². The second-order valence-corrected chi connectivity index (χ2v) is 7.67. The van der Waals surface area contributed by atoms with Crippen LogP contribution in [-0.4, -0.2) is 15.4 Å². The molecule has 4 rings (SSSR count). The molecule has 4 nitrogen and oxygen atoms in total. The maximum Gasteiger partial charge on any atom is 0.211 e. The lowest BCUT2D eigenvalue weighted by Gasteiger charge is -2.12. The van der Waals surface area contributed by atoms with Crippen molar-refractivity contribution in [1.82, 2.24) is 9.66 Å². The van der Waals surface area contributed by atoms with Gasteiger partial charge in [-0.2, -0.15) is 5.10 Å². The van der Waals surface area contributed by atoms with Gasteiger partial charge >= 0.3 is 0 Å². The third-order valence-electron chi connectivity index (χ3n) is 4.80. The lowest BCUT2D eigenvalue weighted by atomic mass is 9.99. The minimum absolute atomic E-state index is 0.852. The first-order chi connectivity index (χ1) is 13.4. The molecule has 1 aliphatic carbocycles. The Bertz CT molecular complexity index is 945. The van der Waals surface area contributed by atoms with E-state index in [1.807, 2.05) is 22.9 Å². The highest BCUT2D eigenvalue weighted by Gasteiger charge is 2.10. The predicted molar refractivity (Wildman–Crippen MR) is 112 cm³/mol. The predicted octanol–water partition coefficient (Wildman–Crippen LogP) is 5.79. The Hall–Kier alpha value is -2.53. The van der Waals surface area contributed by atoms with Crippen LogP contribution in [0.2, 0.25) is 0 Å². The highest BCUT2D eigenvalue weighted by molar-refractivity contribution is 7.07. The molecule has 2 heterocycles. The lowest BCUT2D eigenvalue weighted by molar-refractivity contribution is 0.602. The van der Waals surface area contributed by atoms with Gasteiger partial charge in [-0.15, -0.1) is 11.3 Å². The molecule has 0 radical (unpaired) electrons. The first-order valence-electron chi connectivity index (χ1n) is 9.67. The molecule has 1 aromatic carbocycles. The summed E-state index contributed by atoms with van der Waals surface area (Å²) in [5.74, 6) is 0. The Morgan fingerprint density at radius 1 is 0.889 bits per heavy atom. The monoisotopic (exact) mass is 376 g/mol. The maximum atomic E-state index is 5.08. The fourth-order valence-electron chi connectivity index (χ4n) is 3.37. The standard InChI is InChI=1S/C22H24N4S/c1-2-7-12-19(13-8-3-1)25-26-21(18-10-5-4-6-11-18)17-27-22(26)24-20-14-9-15-23-16-20/h4-6,9-11,14-17H,1-3,7-8,12-13H2. The van der Waals surface area contributed by atoms with Crippen molar-refractivity contribution in [3.63, 3.8) is 0 Å². The Morgan fingerprint density at radius 2 is 1.67 bits per heavy atom. The number of thiazole rings is 1. The summed E-state index contributed by atoms with van der Waals surface area (Å²) in [7, 11) is 0. The molecule has 1 fully saturated rings. The first-order valence-corrected chi connectivity index (χ1v) is 10.6. The van der Waals surface area contributed by atoms with E-state index in [0.717, 1.165) is 34.6 Å². The van der Waals surface area contributed by atoms with Gasteiger partial charge < -0.3 is 0 Å². The van der Waals surface area contributed by atoms with Crippen molar-refractivity contribution in [2.45, 2.75) is 44.9 Å². The number of rotatable bonds is 3. The highest BCUT2D eigenvalue weighted by Crippen LogP contribution is 2.22. The second-order valence-electron chi connectivity index (χ2n) is 6.84. The van der Waals surface area contributed by atoms with Gasteiger partial charge in [-0.25, -0.2) is 9.67 Å². The van der Waals surface area contributed by atoms with Gasteiger partial charge in [0.2, 0.25) is 4.80 Å². The molecule has 27 heavy (non-hydrogen) atoms. The molecule has 0 spiro atoms. The van der Waals surface area contributed by atoms with Gasteiger partial charge in [0.25, 0.3) is 0 Å². The first kappa shape index (κ1) is 17.9. The Balaban J connectivity index is 1.81. The van der Waals surface area contributed by atoms with Crippen LogP contribution in [0, 0.1) is 0 Å². The molecule has 2 aromatic heterocycles. The van der Waals surface area contributed by atoms with E-state index in [9.17, 15) is 0 Å². The van der Waals surface area contributed by atoms with Gasteiger partial charge in [0.15, 0.2) is 0 Å². The van der Waals surface area contributed by atoms with Crippen LogP contribution in [0.1, 0.15) is 44.9 Å². The van der Waals surface area contributed by atoms with Crippen LogP contribution in [0.4, 0.5) is 5.69 Å². The molecule has 1 saturated carbocycles. The van der Waals surface area contributed by atoms with Gasteiger partial charge in [0.05, 0.1) is 17.6 Å². The van der Waals surface area contributed by atoms with Crippen molar-refractivity contribution >= 4 is 22.7 Å². The van der Waals surface area contributed by atoms with Crippen LogP contribution in [0.25, 0.3) is 11.3 Å². The molecule has 138 valence electrons. The van der Waals surface area contributed by atoms with Crippen molar-refractivity contribution in [1.29, 1.82) is 0 Å². The van der Waals surface area contributed by atoms with Crippen LogP contribution in [-0.2, 0) is 0 Å². The summed E-state index contributed by atoms with van der Waals surface area (Å²) in [4.78, 5) is 9.87. The normalized spacial score (nSPS) is 16.0. The average molecular weight is 377 g/mol. The zero-order valence-electron chi connectivity index (χ0n) is 15.4. The van der Waals surface area contributed by atoms with Crippen molar-refractivity contribution < 1.29 is 0 Å². The van der Waals surface area contributed by atoms with Crippen LogP contribution in [0.3, 0.4) is 0 Å². The minimum atomic E-state index is 0.852. The molecule has 3 aromatic rings. The summed E-state index contributed by atoms with van der Waals surface area (Å²) in [5.41, 5.74) is 4.40. The summed E-state index contributed by atoms with van der Waals surface area (Å²) in [5, 5.41) is 7.23. The van der Waals surface area contributed by atoms with E-state index >= 15 is 0 Å². The SMILES string of the molecule is c1ccc(-c2csc(=Nc3cccnc3)n2N=C2CCCCCCC2)cc1. The van der Waals surface area contributed by atoms with Gasteiger partial charge in [0.1, 0.15) is 0 Å². The molecule has 0 unspecified atom stereocenters. The third-order valence-corrected chi connectivity index (χ3v) is 5.61. The molecule has 0 aliphatic heterocycles. The van der Waals surface area contributed by atoms with Crippen LogP contribution in [0.15, 0.2) is 70.3 Å². The Labute approximate surface area is 164 Å². The molecule has 1 aliphatic rings. The number of nitrogens with zero attached hydrogens (tertiary/aromatic N) is 4. The number of benzene rings is 1. The van der Waals surface area contributed by atoms with E-state index in [-0.39, 0.29) is 0 Å². The van der Waals surface area contributed by atoms with Crippen molar-refractivity contribution in [3.8, 4) is 11.3 Å². The molecule has 0 amide bonds. The Morgan fingerprint density at radius 3 is 2.41 bits per heavy atom. The summed E-state index contributed by atoms with van der Waals surface area (Å²) in [6.07, 6.45) is 12.2. The zero-order valence-corrected chi connectivity index (χ0v) is 16.2. The summed E-state index contributed by atoms with van der Waals surface area (Å²) in [6.45, 7) is 0. The van der Waals surface area contributed by atoms with Gasteiger partial charge in [-0.1, -0.05) is 49.6 Å². The average Bonchev–Trinajstić information content (AvgIpc) is 3.07. The maximum absolute atomic E-state index is 5.08. The number of hydrogen-bond donors (Lipinski definition) is 0.